The Kier molecular flexibility index (Phi) is 8.86. The third-order valence-corrected chi connectivity index (χ3v) is 4.83. The molecule has 0 aromatic carbocycles. The fourth-order valence-corrected chi connectivity index (χ4v) is 3.30. The fourth-order valence-electron chi connectivity index (χ4n) is 2.19. The van der Waals surface area contributed by atoms with E-state index in [4.69, 9.17) is 0 Å². The molecule has 19 heavy (non-hydrogen) atoms. The molecule has 0 aliphatic heterocycles. The maximum Gasteiger partial charge on any atom is 0.211 e. The average molecular weight is 292 g/mol. The molecule has 0 aromatic rings. The first-order chi connectivity index (χ1) is 8.65. The summed E-state index contributed by atoms with van der Waals surface area (Å²) in [5.41, 5.74) is 0. The maximum atomic E-state index is 11.9. The summed E-state index contributed by atoms with van der Waals surface area (Å²) in [6, 6.07) is 0.405. The van der Waals surface area contributed by atoms with Crippen LogP contribution < -0.4 is 10.0 Å². The van der Waals surface area contributed by atoms with Crippen LogP contribution in [0.2, 0.25) is 0 Å². The van der Waals surface area contributed by atoms with Gasteiger partial charge in [-0.15, -0.1) is 0 Å². The Labute approximate surface area is 119 Å². The zero-order valence-corrected chi connectivity index (χ0v) is 14.2. The summed E-state index contributed by atoms with van der Waals surface area (Å²) in [6.07, 6.45) is 0.654. The number of hydrogen-bond acceptors (Lipinski definition) is 3. The molecule has 0 aliphatic carbocycles. The molecule has 0 rings (SSSR count). The molecule has 0 amide bonds. The van der Waals surface area contributed by atoms with E-state index in [2.05, 4.69) is 51.6 Å². The summed E-state index contributed by atoms with van der Waals surface area (Å²) in [5.74, 6) is 1.58. The first-order valence-corrected chi connectivity index (χ1v) is 9.01. The minimum atomic E-state index is -3.13. The van der Waals surface area contributed by atoms with E-state index in [1.54, 1.807) is 0 Å². The van der Waals surface area contributed by atoms with E-state index >= 15 is 0 Å². The topological polar surface area (TPSA) is 58.2 Å². The molecule has 0 aromatic heterocycles. The van der Waals surface area contributed by atoms with E-state index in [-0.39, 0.29) is 5.75 Å². The second kappa shape index (κ2) is 8.93. The number of sulfonamides is 1. The molecule has 0 spiro atoms. The van der Waals surface area contributed by atoms with Gasteiger partial charge in [-0.3, -0.25) is 0 Å². The van der Waals surface area contributed by atoms with Crippen LogP contribution in [0.4, 0.5) is 0 Å². The Bertz CT molecular complexity index is 316. The smallest absolute Gasteiger partial charge is 0.211 e. The second-order valence-electron chi connectivity index (χ2n) is 6.28. The van der Waals surface area contributed by atoms with Crippen LogP contribution in [-0.4, -0.2) is 33.3 Å². The Morgan fingerprint density at radius 2 is 1.47 bits per heavy atom. The van der Waals surface area contributed by atoms with Crippen molar-refractivity contribution >= 4 is 10.0 Å². The third-order valence-electron chi connectivity index (χ3n) is 3.39. The molecular formula is C14H32N2O2S. The van der Waals surface area contributed by atoms with Gasteiger partial charge in [-0.05, 0) is 30.7 Å². The summed E-state index contributed by atoms with van der Waals surface area (Å²) < 4.78 is 26.5. The van der Waals surface area contributed by atoms with Crippen molar-refractivity contribution < 1.29 is 8.42 Å². The van der Waals surface area contributed by atoms with Crippen LogP contribution in [0.15, 0.2) is 0 Å². The van der Waals surface area contributed by atoms with Gasteiger partial charge in [0.15, 0.2) is 0 Å². The Balaban J connectivity index is 4.08. The van der Waals surface area contributed by atoms with Crippen molar-refractivity contribution in [2.45, 2.75) is 54.0 Å². The van der Waals surface area contributed by atoms with Gasteiger partial charge < -0.3 is 5.32 Å². The van der Waals surface area contributed by atoms with Crippen LogP contribution in [0.3, 0.4) is 0 Å². The molecule has 0 saturated carbocycles. The monoisotopic (exact) mass is 292 g/mol. The van der Waals surface area contributed by atoms with Crippen molar-refractivity contribution in [1.82, 2.24) is 10.0 Å². The van der Waals surface area contributed by atoms with E-state index in [9.17, 15) is 8.42 Å². The summed E-state index contributed by atoms with van der Waals surface area (Å²) in [7, 11) is -3.13. The maximum absolute atomic E-state index is 11.9. The zero-order chi connectivity index (χ0) is 15.1. The minimum absolute atomic E-state index is 0.204. The lowest BCUT2D eigenvalue weighted by molar-refractivity contribution is 0.289. The molecule has 0 saturated heterocycles. The van der Waals surface area contributed by atoms with Gasteiger partial charge in [-0.2, -0.15) is 0 Å². The highest BCUT2D eigenvalue weighted by atomic mass is 32.2. The van der Waals surface area contributed by atoms with Crippen molar-refractivity contribution in [2.24, 2.45) is 17.8 Å². The first kappa shape index (κ1) is 18.9. The van der Waals surface area contributed by atoms with Crippen molar-refractivity contribution in [1.29, 1.82) is 0 Å². The summed E-state index contributed by atoms with van der Waals surface area (Å²) in [4.78, 5) is 0. The minimum Gasteiger partial charge on any atom is -0.314 e. The lowest BCUT2D eigenvalue weighted by Gasteiger charge is -2.25. The average Bonchev–Trinajstić information content (AvgIpc) is 2.23. The van der Waals surface area contributed by atoms with E-state index in [1.807, 2.05) is 0 Å². The molecule has 0 heterocycles. The Hall–Kier alpha value is -0.130. The molecule has 0 atom stereocenters. The van der Waals surface area contributed by atoms with E-state index in [1.165, 1.54) is 0 Å². The zero-order valence-electron chi connectivity index (χ0n) is 13.4. The molecule has 0 bridgehead atoms. The van der Waals surface area contributed by atoms with Crippen molar-refractivity contribution in [3.8, 4) is 0 Å². The standard InChI is InChI=1S/C14H32N2O2S/c1-11(2)14(12(3)4)10-16-19(17,18)9-7-8-15-13(5)6/h11-16H,7-10H2,1-6H3. The fraction of sp³-hybridized carbons (Fsp3) is 1.00. The van der Waals surface area contributed by atoms with Crippen LogP contribution in [0, 0.1) is 17.8 Å². The number of hydrogen-bond donors (Lipinski definition) is 2. The highest BCUT2D eigenvalue weighted by molar-refractivity contribution is 7.89. The third kappa shape index (κ3) is 9.41. The predicted molar refractivity (Wildman–Crippen MR) is 82.7 cm³/mol. The van der Waals surface area contributed by atoms with E-state index in [0.29, 0.717) is 36.8 Å². The second-order valence-corrected chi connectivity index (χ2v) is 8.21. The van der Waals surface area contributed by atoms with Gasteiger partial charge >= 0.3 is 0 Å². The summed E-state index contributed by atoms with van der Waals surface area (Å²) in [6.45, 7) is 14.0. The van der Waals surface area contributed by atoms with Crippen LogP contribution in [0.25, 0.3) is 0 Å². The van der Waals surface area contributed by atoms with E-state index in [0.717, 1.165) is 6.54 Å². The molecule has 5 heteroatoms. The largest absolute Gasteiger partial charge is 0.314 e. The van der Waals surface area contributed by atoms with Crippen molar-refractivity contribution in [2.75, 3.05) is 18.8 Å². The number of rotatable bonds is 10. The summed E-state index contributed by atoms with van der Waals surface area (Å²) in [5, 5.41) is 3.23. The highest BCUT2D eigenvalue weighted by Gasteiger charge is 2.20. The number of nitrogens with one attached hydrogen (secondary N) is 2. The van der Waals surface area contributed by atoms with Gasteiger partial charge in [-0.1, -0.05) is 41.5 Å². The molecule has 2 N–H and O–H groups in total. The first-order valence-electron chi connectivity index (χ1n) is 7.36. The quantitative estimate of drug-likeness (QED) is 0.607. The normalized spacial score (nSPS) is 13.2. The molecular weight excluding hydrogens is 260 g/mol. The highest BCUT2D eigenvalue weighted by Crippen LogP contribution is 2.19. The molecule has 4 nitrogen and oxygen atoms in total. The van der Waals surface area contributed by atoms with Gasteiger partial charge in [0.25, 0.3) is 0 Å². The van der Waals surface area contributed by atoms with Gasteiger partial charge in [-0.25, -0.2) is 13.1 Å². The van der Waals surface area contributed by atoms with Crippen molar-refractivity contribution in [3.63, 3.8) is 0 Å². The Morgan fingerprint density at radius 3 is 1.89 bits per heavy atom. The van der Waals surface area contributed by atoms with Gasteiger partial charge in [0.1, 0.15) is 0 Å². The summed E-state index contributed by atoms with van der Waals surface area (Å²) >= 11 is 0. The predicted octanol–water partition coefficient (Wildman–Crippen LogP) is 2.22. The lowest BCUT2D eigenvalue weighted by atomic mass is 9.86. The molecule has 116 valence electrons. The molecule has 0 unspecified atom stereocenters. The lowest BCUT2D eigenvalue weighted by Crippen LogP contribution is -2.36. The van der Waals surface area contributed by atoms with Gasteiger partial charge in [0, 0.05) is 12.6 Å². The van der Waals surface area contributed by atoms with Crippen LogP contribution in [0.1, 0.15) is 48.0 Å². The van der Waals surface area contributed by atoms with Crippen molar-refractivity contribution in [3.05, 3.63) is 0 Å². The molecule has 0 radical (unpaired) electrons. The van der Waals surface area contributed by atoms with Gasteiger partial charge in [0.2, 0.25) is 10.0 Å². The Morgan fingerprint density at radius 1 is 0.947 bits per heavy atom. The molecule has 0 aliphatic rings. The van der Waals surface area contributed by atoms with Gasteiger partial charge in [0.05, 0.1) is 5.75 Å². The molecule has 0 fully saturated rings. The van der Waals surface area contributed by atoms with E-state index < -0.39 is 10.0 Å². The van der Waals surface area contributed by atoms with Crippen LogP contribution in [0.5, 0.6) is 0 Å². The van der Waals surface area contributed by atoms with Crippen LogP contribution in [-0.2, 0) is 10.0 Å². The van der Waals surface area contributed by atoms with Crippen LogP contribution >= 0.6 is 0 Å². The SMILES string of the molecule is CC(C)NCCCS(=O)(=O)NCC(C(C)C)C(C)C.